The zero-order valence-corrected chi connectivity index (χ0v) is 24.2. The number of aromatic nitrogens is 2. The second kappa shape index (κ2) is 11.8. The number of nitrogens with zero attached hydrogens (tertiary/aromatic N) is 3. The maximum absolute atomic E-state index is 13.6. The van der Waals surface area contributed by atoms with E-state index in [0.717, 1.165) is 40.2 Å². The topological polar surface area (TPSA) is 65.7 Å². The smallest absolute Gasteiger partial charge is 0.282 e. The van der Waals surface area contributed by atoms with Crippen LogP contribution >= 0.6 is 47.8 Å². The molecule has 1 saturated carbocycles. The predicted octanol–water partition coefficient (Wildman–Crippen LogP) is 7.58. The molecule has 2 aromatic carbocycles. The molecule has 0 spiro atoms. The molecule has 0 unspecified atom stereocenters. The number of halogens is 3. The van der Waals surface area contributed by atoms with Crippen LogP contribution in [0.15, 0.2) is 60.2 Å². The van der Waals surface area contributed by atoms with Gasteiger partial charge in [0.1, 0.15) is 12.4 Å². The fourth-order valence-corrected chi connectivity index (χ4v) is 5.56. The summed E-state index contributed by atoms with van der Waals surface area (Å²) in [6.07, 6.45) is 8.82. The van der Waals surface area contributed by atoms with Crippen molar-refractivity contribution in [3.63, 3.8) is 0 Å². The zero-order valence-electron chi connectivity index (χ0n) is 19.4. The highest BCUT2D eigenvalue weighted by Crippen LogP contribution is 2.42. The van der Waals surface area contributed by atoms with Crippen molar-refractivity contribution in [3.8, 4) is 11.5 Å². The van der Waals surface area contributed by atoms with E-state index in [9.17, 15) is 4.79 Å². The first kappa shape index (κ1) is 26.1. The minimum absolute atomic E-state index is 0.181. The summed E-state index contributed by atoms with van der Waals surface area (Å²) < 4.78 is 15.4. The van der Waals surface area contributed by atoms with Gasteiger partial charge >= 0.3 is 0 Å². The first-order valence-electron chi connectivity index (χ1n) is 11.6. The van der Waals surface area contributed by atoms with Crippen LogP contribution in [-0.2, 0) is 0 Å². The van der Waals surface area contributed by atoms with E-state index < -0.39 is 0 Å². The van der Waals surface area contributed by atoms with Crippen LogP contribution in [0.4, 0.5) is 0 Å². The molecule has 1 aromatic heterocycles. The van der Waals surface area contributed by atoms with E-state index in [1.54, 1.807) is 18.4 Å². The minimum atomic E-state index is -0.181. The molecule has 4 rings (SSSR count). The van der Waals surface area contributed by atoms with Crippen molar-refractivity contribution >= 4 is 64.9 Å². The van der Waals surface area contributed by atoms with E-state index in [4.69, 9.17) is 14.5 Å². The molecule has 0 aliphatic heterocycles. The van der Waals surface area contributed by atoms with Gasteiger partial charge in [-0.05, 0) is 75.9 Å². The van der Waals surface area contributed by atoms with Crippen molar-refractivity contribution < 1.29 is 9.47 Å². The lowest BCUT2D eigenvalue weighted by Gasteiger charge is -2.23. The number of hydrogen-bond acceptors (Lipinski definition) is 5. The van der Waals surface area contributed by atoms with Crippen LogP contribution in [0, 0.1) is 0 Å². The van der Waals surface area contributed by atoms with Crippen LogP contribution in [0.3, 0.4) is 0 Å². The molecule has 0 amide bonds. The van der Waals surface area contributed by atoms with Gasteiger partial charge in [0, 0.05) is 20.4 Å². The second-order valence-corrected chi connectivity index (χ2v) is 10.8. The number of fused-ring (bicyclic) bond motifs is 1. The van der Waals surface area contributed by atoms with Gasteiger partial charge in [-0.1, -0.05) is 47.8 Å². The Morgan fingerprint density at radius 2 is 1.91 bits per heavy atom. The third-order valence-electron chi connectivity index (χ3n) is 5.92. The second-order valence-electron chi connectivity index (χ2n) is 8.28. The van der Waals surface area contributed by atoms with Gasteiger partial charge in [-0.15, -0.1) is 0 Å². The summed E-state index contributed by atoms with van der Waals surface area (Å²) in [5, 5.41) is 5.19. The van der Waals surface area contributed by atoms with Crippen molar-refractivity contribution in [2.45, 2.75) is 44.9 Å². The molecule has 0 atom stereocenters. The van der Waals surface area contributed by atoms with E-state index in [-0.39, 0.29) is 11.5 Å². The zero-order chi connectivity index (χ0) is 24.9. The van der Waals surface area contributed by atoms with E-state index in [0.29, 0.717) is 45.9 Å². The largest absolute Gasteiger partial charge is 0.490 e. The van der Waals surface area contributed by atoms with Crippen molar-refractivity contribution in [1.29, 1.82) is 0 Å². The lowest BCUT2D eigenvalue weighted by molar-refractivity contribution is 0.295. The Hall–Kier alpha value is -1.97. The molecule has 0 bridgehead atoms. The summed E-state index contributed by atoms with van der Waals surface area (Å²) in [6, 6.07) is 7.43. The van der Waals surface area contributed by atoms with Crippen LogP contribution in [0.25, 0.3) is 10.9 Å². The number of ether oxygens (including phenoxy) is 2. The Labute approximate surface area is 229 Å². The molecule has 184 valence electrons. The van der Waals surface area contributed by atoms with Gasteiger partial charge in [0.2, 0.25) is 0 Å². The lowest BCUT2D eigenvalue weighted by atomic mass is 9.88. The normalized spacial score (nSPS) is 14.5. The van der Waals surface area contributed by atoms with Crippen molar-refractivity contribution in [2.24, 2.45) is 5.10 Å². The van der Waals surface area contributed by atoms with Crippen molar-refractivity contribution in [1.82, 2.24) is 9.66 Å². The van der Waals surface area contributed by atoms with Crippen LogP contribution < -0.4 is 15.0 Å². The maximum Gasteiger partial charge on any atom is 0.282 e. The fraction of sp³-hybridized carbons (Fsp3) is 0.346. The van der Waals surface area contributed by atoms with Gasteiger partial charge < -0.3 is 9.47 Å². The highest BCUT2D eigenvalue weighted by atomic mass is 79.9. The molecule has 3 aromatic rings. The summed E-state index contributed by atoms with van der Waals surface area (Å²) in [4.78, 5) is 18.5. The highest BCUT2D eigenvalue weighted by Gasteiger charge is 2.23. The third-order valence-corrected chi connectivity index (χ3v) is 8.55. The molecule has 1 heterocycles. The van der Waals surface area contributed by atoms with Gasteiger partial charge in [0.15, 0.2) is 11.5 Å². The van der Waals surface area contributed by atoms with Crippen molar-refractivity contribution in [2.75, 3.05) is 13.2 Å². The number of rotatable bonds is 8. The van der Waals surface area contributed by atoms with Crippen LogP contribution in [0.1, 0.15) is 56.3 Å². The first-order valence-corrected chi connectivity index (χ1v) is 14.0. The maximum atomic E-state index is 13.6. The standard InChI is InChI=1S/C26H26Br3N3O3/c1-3-12-35-24-21(34-4-2)13-17(22(28)23(24)29)15-30-32-25(16-8-6-5-7-9-16)31-20-11-10-18(27)14-19(20)26(32)33/h3,10-11,13-16H,1,4-9,12H2,2H3. The minimum Gasteiger partial charge on any atom is -0.490 e. The summed E-state index contributed by atoms with van der Waals surface area (Å²) in [5.74, 6) is 2.07. The molecule has 0 radical (unpaired) electrons. The molecule has 0 N–H and O–H groups in total. The SMILES string of the molecule is C=CCOc1c(OCC)cc(C=Nn2c(C3CCCCC3)nc3ccc(Br)cc3c2=O)c(Br)c1Br. The van der Waals surface area contributed by atoms with E-state index in [1.165, 1.54) is 11.1 Å². The first-order chi connectivity index (χ1) is 16.9. The van der Waals surface area contributed by atoms with E-state index >= 15 is 0 Å². The van der Waals surface area contributed by atoms with Crippen LogP contribution in [0.5, 0.6) is 11.5 Å². The fourth-order valence-electron chi connectivity index (χ4n) is 4.26. The summed E-state index contributed by atoms with van der Waals surface area (Å²) in [5.41, 5.74) is 1.25. The molecule has 35 heavy (non-hydrogen) atoms. The summed E-state index contributed by atoms with van der Waals surface area (Å²) in [7, 11) is 0. The monoisotopic (exact) mass is 665 g/mol. The Kier molecular flexibility index (Phi) is 8.83. The number of hydrogen-bond donors (Lipinski definition) is 0. The van der Waals surface area contributed by atoms with Crippen LogP contribution in [0.2, 0.25) is 0 Å². The average molecular weight is 668 g/mol. The Bertz CT molecular complexity index is 1330. The molecule has 1 aliphatic rings. The molecule has 1 fully saturated rings. The highest BCUT2D eigenvalue weighted by molar-refractivity contribution is 9.13. The summed E-state index contributed by atoms with van der Waals surface area (Å²) in [6.45, 7) is 6.44. The predicted molar refractivity (Wildman–Crippen MR) is 151 cm³/mol. The molecule has 9 heteroatoms. The van der Waals surface area contributed by atoms with Gasteiger partial charge in [-0.3, -0.25) is 4.79 Å². The third kappa shape index (κ3) is 5.73. The van der Waals surface area contributed by atoms with E-state index in [2.05, 4.69) is 59.5 Å². The Balaban J connectivity index is 1.84. The lowest BCUT2D eigenvalue weighted by Crippen LogP contribution is -2.25. The van der Waals surface area contributed by atoms with Gasteiger partial charge in [0.25, 0.3) is 5.56 Å². The molecule has 1 aliphatic carbocycles. The summed E-state index contributed by atoms with van der Waals surface area (Å²) >= 11 is 10.7. The molecular formula is C26H26Br3N3O3. The molecular weight excluding hydrogens is 642 g/mol. The Morgan fingerprint density at radius 3 is 2.63 bits per heavy atom. The Morgan fingerprint density at radius 1 is 1.14 bits per heavy atom. The quantitative estimate of drug-likeness (QED) is 0.184. The average Bonchev–Trinajstić information content (AvgIpc) is 2.87. The number of benzene rings is 2. The molecule has 6 nitrogen and oxygen atoms in total. The van der Waals surface area contributed by atoms with Gasteiger partial charge in [0.05, 0.1) is 28.2 Å². The van der Waals surface area contributed by atoms with Crippen LogP contribution in [-0.4, -0.2) is 29.1 Å². The van der Waals surface area contributed by atoms with Crippen molar-refractivity contribution in [3.05, 3.63) is 72.1 Å². The van der Waals surface area contributed by atoms with Gasteiger partial charge in [-0.2, -0.15) is 9.78 Å². The van der Waals surface area contributed by atoms with E-state index in [1.807, 2.05) is 25.1 Å². The molecule has 0 saturated heterocycles. The van der Waals surface area contributed by atoms with Gasteiger partial charge in [-0.25, -0.2) is 4.98 Å².